The Kier molecular flexibility index (Phi) is 55.9. The maximum absolute atomic E-state index is 12.9. The maximum atomic E-state index is 12.9. The van der Waals surface area contributed by atoms with Crippen molar-refractivity contribution >= 4 is 17.9 Å². The third kappa shape index (κ3) is 60.0. The summed E-state index contributed by atoms with van der Waals surface area (Å²) in [5, 5.41) is 9.72. The molecule has 0 rings (SSSR count). The predicted molar refractivity (Wildman–Crippen MR) is 327 cm³/mol. The highest BCUT2D eigenvalue weighted by molar-refractivity contribution is 5.71. The Balaban J connectivity index is 4.13. The van der Waals surface area contributed by atoms with Gasteiger partial charge in [0.2, 0.25) is 0 Å². The van der Waals surface area contributed by atoms with Crippen LogP contribution in [0.5, 0.6) is 0 Å². The minimum absolute atomic E-state index is 0.185. The third-order valence-electron chi connectivity index (χ3n) is 13.6. The largest absolute Gasteiger partial charge is 0.477 e. The number of quaternary nitrogens is 1. The van der Waals surface area contributed by atoms with Gasteiger partial charge in [0, 0.05) is 12.8 Å². The molecule has 0 spiro atoms. The third-order valence-corrected chi connectivity index (χ3v) is 13.6. The molecule has 0 aliphatic rings. The minimum atomic E-state index is -1.51. The van der Waals surface area contributed by atoms with Crippen molar-refractivity contribution in [3.05, 3.63) is 85.1 Å². The quantitative estimate of drug-likeness (QED) is 0.0211. The van der Waals surface area contributed by atoms with Gasteiger partial charge in [-0.1, -0.05) is 253 Å². The Morgan fingerprint density at radius 3 is 1.10 bits per heavy atom. The minimum Gasteiger partial charge on any atom is -0.477 e. The first-order valence-electron chi connectivity index (χ1n) is 31.8. The molecule has 0 amide bonds. The van der Waals surface area contributed by atoms with Gasteiger partial charge in [-0.15, -0.1) is 0 Å². The SMILES string of the molecule is CC/C=C\C/C=C\C/C=C\C/C=C\C/C=C\CCCCCCCCCCCCCCCCCCCC(=O)OC(COC(=O)CCCCCCCCCCC/C=C\C/C=C\CCCCC)COC(OCC[N+](C)(C)C)C(=O)O. The number of hydrogen-bond donors (Lipinski definition) is 1. The highest BCUT2D eigenvalue weighted by Gasteiger charge is 2.25. The normalized spacial score (nSPS) is 13.3. The summed E-state index contributed by atoms with van der Waals surface area (Å²) in [5.74, 6) is -2.00. The molecule has 0 aromatic carbocycles. The van der Waals surface area contributed by atoms with Gasteiger partial charge in [-0.25, -0.2) is 4.79 Å². The van der Waals surface area contributed by atoms with Crippen LogP contribution in [-0.2, 0) is 33.3 Å². The molecule has 0 aliphatic carbocycles. The van der Waals surface area contributed by atoms with Crippen LogP contribution in [-0.4, -0.2) is 87.4 Å². The molecule has 0 saturated carbocycles. The van der Waals surface area contributed by atoms with Crippen molar-refractivity contribution in [3.8, 4) is 0 Å². The van der Waals surface area contributed by atoms with Gasteiger partial charge in [-0.3, -0.25) is 9.59 Å². The second-order valence-electron chi connectivity index (χ2n) is 22.3. The monoisotopic (exact) mass is 1080 g/mol. The predicted octanol–water partition coefficient (Wildman–Crippen LogP) is 19.1. The maximum Gasteiger partial charge on any atom is 0.361 e. The van der Waals surface area contributed by atoms with Crippen LogP contribution in [0.1, 0.15) is 271 Å². The average Bonchev–Trinajstić information content (AvgIpc) is 3.40. The van der Waals surface area contributed by atoms with Gasteiger partial charge in [0.15, 0.2) is 6.10 Å². The standard InChI is InChI=1S/C68H119NO8/c1-6-8-10-12-14-16-18-20-22-24-26-27-28-29-30-31-32-33-34-35-36-37-38-39-41-43-45-47-49-51-53-55-57-59-66(71)77-64(63-76-68(67(72)73)74-61-60-69(3,4)5)62-75-65(70)58-56-54-52-50-48-46-44-42-40-25-23-21-19-17-15-13-11-9-7-2/h8,10,14-17,20-23,26-27,29-30,64,68H,6-7,9,11-13,18-19,24-25,28,31-63H2,1-5H3/p+1/b10-8-,16-14-,17-15-,22-20-,23-21-,27-26-,30-29-. The molecule has 9 heteroatoms. The van der Waals surface area contributed by atoms with Gasteiger partial charge in [-0.05, 0) is 89.9 Å². The van der Waals surface area contributed by atoms with Crippen LogP contribution < -0.4 is 0 Å². The van der Waals surface area contributed by atoms with E-state index in [0.29, 0.717) is 17.4 Å². The molecule has 444 valence electrons. The molecule has 0 bridgehead atoms. The molecule has 0 aromatic rings. The highest BCUT2D eigenvalue weighted by Crippen LogP contribution is 2.17. The van der Waals surface area contributed by atoms with E-state index in [4.69, 9.17) is 18.9 Å². The zero-order valence-electron chi connectivity index (χ0n) is 50.6. The van der Waals surface area contributed by atoms with E-state index >= 15 is 0 Å². The second-order valence-corrected chi connectivity index (χ2v) is 22.3. The Labute approximate surface area is 474 Å². The molecule has 77 heavy (non-hydrogen) atoms. The van der Waals surface area contributed by atoms with E-state index in [0.717, 1.165) is 77.0 Å². The molecule has 0 heterocycles. The highest BCUT2D eigenvalue weighted by atomic mass is 16.7. The van der Waals surface area contributed by atoms with Crippen molar-refractivity contribution in [2.24, 2.45) is 0 Å². The first-order chi connectivity index (χ1) is 37.6. The molecular weight excluding hydrogens is 959 g/mol. The van der Waals surface area contributed by atoms with E-state index in [1.807, 2.05) is 21.1 Å². The number of aliphatic carboxylic acids is 1. The zero-order chi connectivity index (χ0) is 56.2. The van der Waals surface area contributed by atoms with Gasteiger partial charge < -0.3 is 28.5 Å². The fourth-order valence-corrected chi connectivity index (χ4v) is 8.78. The fourth-order valence-electron chi connectivity index (χ4n) is 8.78. The summed E-state index contributed by atoms with van der Waals surface area (Å²) in [7, 11) is 5.97. The summed E-state index contributed by atoms with van der Waals surface area (Å²) in [6, 6.07) is 0. The van der Waals surface area contributed by atoms with Crippen LogP contribution in [0, 0.1) is 0 Å². The summed E-state index contributed by atoms with van der Waals surface area (Å²) in [6.45, 7) is 4.76. The zero-order valence-corrected chi connectivity index (χ0v) is 50.6. The van der Waals surface area contributed by atoms with Crippen molar-refractivity contribution < 1.29 is 42.9 Å². The van der Waals surface area contributed by atoms with Gasteiger partial charge in [0.05, 0.1) is 34.4 Å². The second kappa shape index (κ2) is 58.6. The summed E-state index contributed by atoms with van der Waals surface area (Å²) in [6.07, 6.45) is 75.3. The van der Waals surface area contributed by atoms with Gasteiger partial charge >= 0.3 is 17.9 Å². The van der Waals surface area contributed by atoms with Gasteiger partial charge in [0.25, 0.3) is 6.29 Å². The van der Waals surface area contributed by atoms with Crippen molar-refractivity contribution in [3.63, 3.8) is 0 Å². The van der Waals surface area contributed by atoms with E-state index in [2.05, 4.69) is 98.9 Å². The summed E-state index contributed by atoms with van der Waals surface area (Å²) >= 11 is 0. The van der Waals surface area contributed by atoms with E-state index < -0.39 is 24.3 Å². The molecule has 9 nitrogen and oxygen atoms in total. The van der Waals surface area contributed by atoms with Crippen LogP contribution in [0.25, 0.3) is 0 Å². The molecule has 0 fully saturated rings. The van der Waals surface area contributed by atoms with E-state index in [9.17, 15) is 19.5 Å². The van der Waals surface area contributed by atoms with Crippen LogP contribution >= 0.6 is 0 Å². The summed E-state index contributed by atoms with van der Waals surface area (Å²) in [5.41, 5.74) is 0. The number of carboxylic acids is 1. The number of carboxylic acid groups (broad SMARTS) is 1. The Morgan fingerprint density at radius 1 is 0.403 bits per heavy atom. The molecule has 2 unspecified atom stereocenters. The molecule has 0 radical (unpaired) electrons. The summed E-state index contributed by atoms with van der Waals surface area (Å²) < 4.78 is 22.9. The molecule has 0 saturated heterocycles. The number of esters is 2. The molecule has 0 aromatic heterocycles. The fraction of sp³-hybridized carbons (Fsp3) is 0.750. The lowest BCUT2D eigenvalue weighted by atomic mass is 10.0. The van der Waals surface area contributed by atoms with E-state index in [1.165, 1.54) is 167 Å². The van der Waals surface area contributed by atoms with E-state index in [-0.39, 0.29) is 32.2 Å². The van der Waals surface area contributed by atoms with Gasteiger partial charge in [0.1, 0.15) is 13.2 Å². The van der Waals surface area contributed by atoms with Crippen LogP contribution in [0.3, 0.4) is 0 Å². The number of unbranched alkanes of at least 4 members (excludes halogenated alkanes) is 29. The molecule has 0 aliphatic heterocycles. The number of ether oxygens (including phenoxy) is 4. The molecular formula is C68H120NO8+. The Bertz CT molecular complexity index is 1540. The smallest absolute Gasteiger partial charge is 0.361 e. The summed E-state index contributed by atoms with van der Waals surface area (Å²) in [4.78, 5) is 37.5. The lowest BCUT2D eigenvalue weighted by molar-refractivity contribution is -0.870. The Hall–Kier alpha value is -3.53. The Morgan fingerprint density at radius 2 is 0.740 bits per heavy atom. The first-order valence-corrected chi connectivity index (χ1v) is 31.8. The number of allylic oxidation sites excluding steroid dienone is 14. The van der Waals surface area contributed by atoms with Crippen LogP contribution in [0.4, 0.5) is 0 Å². The van der Waals surface area contributed by atoms with Crippen molar-refractivity contribution in [2.75, 3.05) is 47.5 Å². The molecule has 1 N–H and O–H groups in total. The van der Waals surface area contributed by atoms with Crippen molar-refractivity contribution in [1.29, 1.82) is 0 Å². The van der Waals surface area contributed by atoms with Crippen molar-refractivity contribution in [1.82, 2.24) is 0 Å². The lowest BCUT2D eigenvalue weighted by Gasteiger charge is -2.25. The number of likely N-dealkylation sites (N-methyl/N-ethyl adjacent to an activating group) is 1. The number of carbonyl (C=O) groups excluding carboxylic acids is 2. The first kappa shape index (κ1) is 73.5. The van der Waals surface area contributed by atoms with Crippen LogP contribution in [0.2, 0.25) is 0 Å². The lowest BCUT2D eigenvalue weighted by Crippen LogP contribution is -2.40. The number of rotatable bonds is 58. The number of carbonyl (C=O) groups is 3. The van der Waals surface area contributed by atoms with Crippen molar-refractivity contribution in [2.45, 2.75) is 283 Å². The van der Waals surface area contributed by atoms with Crippen LogP contribution in [0.15, 0.2) is 85.1 Å². The number of nitrogens with zero attached hydrogens (tertiary/aromatic N) is 1. The molecule has 2 atom stereocenters. The van der Waals surface area contributed by atoms with Gasteiger partial charge in [-0.2, -0.15) is 0 Å². The topological polar surface area (TPSA) is 108 Å². The van der Waals surface area contributed by atoms with E-state index in [1.54, 1.807) is 0 Å². The number of hydrogen-bond acceptors (Lipinski definition) is 7. The average molecular weight is 1080 g/mol.